The first-order chi connectivity index (χ1) is 8.58. The molecule has 2 aromatic rings. The number of carbonyl (C=O) groups is 1. The summed E-state index contributed by atoms with van der Waals surface area (Å²) in [5.74, 6) is -0.978. The molecule has 0 unspecified atom stereocenters. The van der Waals surface area contributed by atoms with E-state index >= 15 is 0 Å². The minimum absolute atomic E-state index is 0.0623. The highest BCUT2D eigenvalue weighted by Crippen LogP contribution is 2.11. The van der Waals surface area contributed by atoms with Crippen molar-refractivity contribution in [2.24, 2.45) is 0 Å². The van der Waals surface area contributed by atoms with E-state index in [1.54, 1.807) is 25.1 Å². The van der Waals surface area contributed by atoms with Gasteiger partial charge in [-0.1, -0.05) is 18.2 Å². The number of carboxylic acids is 1. The Hall–Kier alpha value is -2.30. The van der Waals surface area contributed by atoms with Crippen LogP contribution in [0.25, 0.3) is 0 Å². The van der Waals surface area contributed by atoms with E-state index in [1.165, 1.54) is 12.3 Å². The predicted octanol–water partition coefficient (Wildman–Crippen LogP) is 2.21. The first-order valence-electron chi connectivity index (χ1n) is 5.37. The van der Waals surface area contributed by atoms with Crippen molar-refractivity contribution in [3.05, 3.63) is 58.9 Å². The van der Waals surface area contributed by atoms with E-state index in [2.05, 4.69) is 9.97 Å². The molecule has 0 amide bonds. The standard InChI is InChI=1S/C13H11FN2O2/c1-8-10(13(17)18)7-15-12(16-8)6-9-4-2-3-5-11(9)14/h2-5,7H,6H2,1H3,(H,17,18). The van der Waals surface area contributed by atoms with Gasteiger partial charge < -0.3 is 5.11 Å². The second kappa shape index (κ2) is 4.91. The topological polar surface area (TPSA) is 63.1 Å². The van der Waals surface area contributed by atoms with Crippen molar-refractivity contribution >= 4 is 5.97 Å². The van der Waals surface area contributed by atoms with Gasteiger partial charge in [0, 0.05) is 12.6 Å². The molecule has 18 heavy (non-hydrogen) atoms. The second-order valence-electron chi connectivity index (χ2n) is 3.86. The summed E-state index contributed by atoms with van der Waals surface area (Å²) < 4.78 is 13.4. The van der Waals surface area contributed by atoms with Gasteiger partial charge in [-0.05, 0) is 18.6 Å². The average Bonchev–Trinajstić information content (AvgIpc) is 2.32. The van der Waals surface area contributed by atoms with Gasteiger partial charge in [-0.25, -0.2) is 19.2 Å². The monoisotopic (exact) mass is 246 g/mol. The molecule has 0 fully saturated rings. The molecular weight excluding hydrogens is 235 g/mol. The minimum Gasteiger partial charge on any atom is -0.478 e. The number of benzene rings is 1. The van der Waals surface area contributed by atoms with Crippen LogP contribution in [0.15, 0.2) is 30.5 Å². The summed E-state index contributed by atoms with van der Waals surface area (Å²) >= 11 is 0. The molecule has 1 aromatic heterocycles. The van der Waals surface area contributed by atoms with Crippen LogP contribution in [-0.4, -0.2) is 21.0 Å². The largest absolute Gasteiger partial charge is 0.478 e. The zero-order valence-corrected chi connectivity index (χ0v) is 9.72. The van der Waals surface area contributed by atoms with E-state index in [0.29, 0.717) is 17.1 Å². The molecule has 0 aliphatic rings. The van der Waals surface area contributed by atoms with Gasteiger partial charge >= 0.3 is 5.97 Å². The van der Waals surface area contributed by atoms with Gasteiger partial charge in [-0.3, -0.25) is 0 Å². The third-order valence-electron chi connectivity index (χ3n) is 2.57. The van der Waals surface area contributed by atoms with Crippen molar-refractivity contribution in [2.45, 2.75) is 13.3 Å². The average molecular weight is 246 g/mol. The van der Waals surface area contributed by atoms with E-state index in [1.807, 2.05) is 0 Å². The van der Waals surface area contributed by atoms with Gasteiger partial charge in [0.1, 0.15) is 11.6 Å². The fraction of sp³-hybridized carbons (Fsp3) is 0.154. The van der Waals surface area contributed by atoms with Crippen LogP contribution < -0.4 is 0 Å². The smallest absolute Gasteiger partial charge is 0.339 e. The van der Waals surface area contributed by atoms with Crippen molar-refractivity contribution in [1.29, 1.82) is 0 Å². The number of aryl methyl sites for hydroxylation is 1. The molecule has 0 bridgehead atoms. The highest BCUT2D eigenvalue weighted by atomic mass is 19.1. The van der Waals surface area contributed by atoms with E-state index in [-0.39, 0.29) is 17.8 Å². The zero-order valence-electron chi connectivity index (χ0n) is 9.72. The molecule has 1 heterocycles. The van der Waals surface area contributed by atoms with Crippen molar-refractivity contribution in [1.82, 2.24) is 9.97 Å². The molecule has 0 saturated heterocycles. The number of nitrogens with zero attached hydrogens (tertiary/aromatic N) is 2. The Labute approximate surface area is 103 Å². The highest BCUT2D eigenvalue weighted by Gasteiger charge is 2.11. The van der Waals surface area contributed by atoms with Crippen LogP contribution in [0.3, 0.4) is 0 Å². The minimum atomic E-state index is -1.06. The van der Waals surface area contributed by atoms with E-state index in [0.717, 1.165) is 0 Å². The number of rotatable bonds is 3. The zero-order chi connectivity index (χ0) is 13.1. The summed E-state index contributed by atoms with van der Waals surface area (Å²) in [4.78, 5) is 18.8. The SMILES string of the molecule is Cc1nc(Cc2ccccc2F)ncc1C(=O)O. The third-order valence-corrected chi connectivity index (χ3v) is 2.57. The number of hydrogen-bond donors (Lipinski definition) is 1. The lowest BCUT2D eigenvalue weighted by Crippen LogP contribution is -2.07. The van der Waals surface area contributed by atoms with E-state index < -0.39 is 5.97 Å². The molecule has 0 saturated carbocycles. The first-order valence-corrected chi connectivity index (χ1v) is 5.37. The highest BCUT2D eigenvalue weighted by molar-refractivity contribution is 5.88. The summed E-state index contributed by atoms with van der Waals surface area (Å²) in [5.41, 5.74) is 0.927. The lowest BCUT2D eigenvalue weighted by Gasteiger charge is -2.04. The number of halogens is 1. The van der Waals surface area contributed by atoms with Crippen molar-refractivity contribution in [3.63, 3.8) is 0 Å². The van der Waals surface area contributed by atoms with Gasteiger partial charge in [0.05, 0.1) is 11.3 Å². The van der Waals surface area contributed by atoms with Gasteiger partial charge in [0.25, 0.3) is 0 Å². The summed E-state index contributed by atoms with van der Waals surface area (Å²) in [6, 6.07) is 6.36. The van der Waals surface area contributed by atoms with Crippen LogP contribution in [-0.2, 0) is 6.42 Å². The van der Waals surface area contributed by atoms with Crippen LogP contribution in [0.1, 0.15) is 27.4 Å². The molecule has 0 aliphatic heterocycles. The summed E-state index contributed by atoms with van der Waals surface area (Å²) in [6.07, 6.45) is 1.49. The van der Waals surface area contributed by atoms with Crippen molar-refractivity contribution in [2.75, 3.05) is 0 Å². The summed E-state index contributed by atoms with van der Waals surface area (Å²) in [7, 11) is 0. The van der Waals surface area contributed by atoms with Gasteiger partial charge in [-0.15, -0.1) is 0 Å². The predicted molar refractivity (Wildman–Crippen MR) is 62.9 cm³/mol. The molecule has 1 aromatic carbocycles. The van der Waals surface area contributed by atoms with Crippen LogP contribution >= 0.6 is 0 Å². The molecule has 5 heteroatoms. The Morgan fingerprint density at radius 1 is 1.39 bits per heavy atom. The van der Waals surface area contributed by atoms with Crippen LogP contribution in [0.4, 0.5) is 4.39 Å². The van der Waals surface area contributed by atoms with Crippen LogP contribution in [0, 0.1) is 12.7 Å². The molecular formula is C13H11FN2O2. The maximum absolute atomic E-state index is 13.4. The fourth-order valence-corrected chi connectivity index (χ4v) is 1.62. The van der Waals surface area contributed by atoms with E-state index in [9.17, 15) is 9.18 Å². The Bertz CT molecular complexity index is 599. The van der Waals surface area contributed by atoms with Gasteiger partial charge in [-0.2, -0.15) is 0 Å². The Morgan fingerprint density at radius 3 is 2.72 bits per heavy atom. The second-order valence-corrected chi connectivity index (χ2v) is 3.86. The quantitative estimate of drug-likeness (QED) is 0.901. The molecule has 92 valence electrons. The molecule has 1 N–H and O–H groups in total. The van der Waals surface area contributed by atoms with Crippen molar-refractivity contribution < 1.29 is 14.3 Å². The maximum Gasteiger partial charge on any atom is 0.339 e. The van der Waals surface area contributed by atoms with Crippen molar-refractivity contribution in [3.8, 4) is 0 Å². The van der Waals surface area contributed by atoms with Gasteiger partial charge in [0.2, 0.25) is 0 Å². The number of carboxylic acid groups (broad SMARTS) is 1. The van der Waals surface area contributed by atoms with E-state index in [4.69, 9.17) is 5.11 Å². The maximum atomic E-state index is 13.4. The number of aromatic nitrogens is 2. The normalized spacial score (nSPS) is 10.3. The lowest BCUT2D eigenvalue weighted by atomic mass is 10.1. The Kier molecular flexibility index (Phi) is 3.32. The Morgan fingerprint density at radius 2 is 2.11 bits per heavy atom. The molecule has 0 aliphatic carbocycles. The molecule has 0 spiro atoms. The lowest BCUT2D eigenvalue weighted by molar-refractivity contribution is 0.0695. The number of hydrogen-bond acceptors (Lipinski definition) is 3. The molecule has 0 atom stereocenters. The molecule has 4 nitrogen and oxygen atoms in total. The van der Waals surface area contributed by atoms with Gasteiger partial charge in [0.15, 0.2) is 0 Å². The first kappa shape index (κ1) is 12.2. The fourth-order valence-electron chi connectivity index (χ4n) is 1.62. The number of aromatic carboxylic acids is 1. The summed E-state index contributed by atoms with van der Waals surface area (Å²) in [6.45, 7) is 1.59. The molecule has 0 radical (unpaired) electrons. The Balaban J connectivity index is 2.29. The summed E-state index contributed by atoms with van der Waals surface area (Å²) in [5, 5.41) is 8.85. The van der Waals surface area contributed by atoms with Crippen LogP contribution in [0.2, 0.25) is 0 Å². The third kappa shape index (κ3) is 2.51. The molecule has 2 rings (SSSR count). The van der Waals surface area contributed by atoms with Crippen LogP contribution in [0.5, 0.6) is 0 Å².